The van der Waals surface area contributed by atoms with E-state index in [1.807, 2.05) is 0 Å². The summed E-state index contributed by atoms with van der Waals surface area (Å²) in [6, 6.07) is 6.76. The van der Waals surface area contributed by atoms with Gasteiger partial charge in [0.15, 0.2) is 11.5 Å². The molecule has 4 aromatic rings. The summed E-state index contributed by atoms with van der Waals surface area (Å²) >= 11 is 0. The van der Waals surface area contributed by atoms with Gasteiger partial charge < -0.3 is 5.73 Å². The highest BCUT2D eigenvalue weighted by Gasteiger charge is 2.25. The zero-order valence-electron chi connectivity index (χ0n) is 16.0. The molecule has 2 amide bonds. The van der Waals surface area contributed by atoms with Gasteiger partial charge in [0.25, 0.3) is 0 Å². The Kier molecular flexibility index (Phi) is 4.78. The van der Waals surface area contributed by atoms with Gasteiger partial charge in [0, 0.05) is 29.1 Å². The normalized spacial score (nSPS) is 13.0. The molecule has 0 spiro atoms. The average Bonchev–Trinajstić information content (AvgIpc) is 3.15. The van der Waals surface area contributed by atoms with E-state index in [-0.39, 0.29) is 22.3 Å². The molecule has 1 atom stereocenters. The zero-order valence-corrected chi connectivity index (χ0v) is 16.0. The number of aromatic nitrogens is 5. The second-order valence-corrected chi connectivity index (χ2v) is 6.60. The number of pyridine rings is 1. The fraction of sp³-hybridized carbons (Fsp3) is 0.158. The Hall–Kier alpha value is -4.02. The Morgan fingerprint density at radius 1 is 1.27 bits per heavy atom. The van der Waals surface area contributed by atoms with Gasteiger partial charge in [0.05, 0.1) is 11.2 Å². The van der Waals surface area contributed by atoms with Crippen molar-refractivity contribution in [2.75, 3.05) is 0 Å². The third-order valence-corrected chi connectivity index (χ3v) is 4.64. The molecule has 0 saturated carbocycles. The first-order chi connectivity index (χ1) is 14.4. The highest BCUT2D eigenvalue weighted by atomic mass is 19.1. The van der Waals surface area contributed by atoms with Crippen molar-refractivity contribution in [1.82, 2.24) is 30.2 Å². The number of carbonyl (C=O) groups is 1. The van der Waals surface area contributed by atoms with E-state index in [1.165, 1.54) is 22.8 Å². The number of hydrazone groups is 1. The van der Waals surface area contributed by atoms with Crippen molar-refractivity contribution >= 4 is 28.3 Å². The van der Waals surface area contributed by atoms with Crippen molar-refractivity contribution in [2.45, 2.75) is 19.8 Å². The van der Waals surface area contributed by atoms with Crippen molar-refractivity contribution in [3.05, 3.63) is 65.2 Å². The van der Waals surface area contributed by atoms with Gasteiger partial charge in [-0.1, -0.05) is 6.92 Å². The molecule has 0 saturated heterocycles. The summed E-state index contributed by atoms with van der Waals surface area (Å²) in [5, 5.41) is 16.5. The summed E-state index contributed by atoms with van der Waals surface area (Å²) in [6.45, 7) is 3.23. The van der Waals surface area contributed by atoms with Gasteiger partial charge in [-0.25, -0.2) is 19.0 Å². The molecule has 4 rings (SSSR count). The molecule has 0 aliphatic heterocycles. The molecule has 1 unspecified atom stereocenters. The van der Waals surface area contributed by atoms with E-state index in [1.54, 1.807) is 32.0 Å². The number of hydrogen-bond donors (Lipinski definition) is 2. The maximum atomic E-state index is 15.1. The fourth-order valence-electron chi connectivity index (χ4n) is 3.16. The van der Waals surface area contributed by atoms with Gasteiger partial charge in [0.1, 0.15) is 17.3 Å². The van der Waals surface area contributed by atoms with Crippen LogP contribution in [0.2, 0.25) is 0 Å². The number of amides is 2. The van der Waals surface area contributed by atoms with Gasteiger partial charge in [-0.15, -0.1) is 10.2 Å². The van der Waals surface area contributed by atoms with Crippen LogP contribution in [-0.2, 0) is 0 Å². The summed E-state index contributed by atoms with van der Waals surface area (Å²) in [7, 11) is 0. The SMILES string of the molecule is C/C(=N/NC(N)=O)c1ccc2nnc(C(C)c3c(F)cc4ncccc4c3F)n2n1. The van der Waals surface area contributed by atoms with Crippen molar-refractivity contribution in [3.63, 3.8) is 0 Å². The van der Waals surface area contributed by atoms with Crippen LogP contribution in [0.4, 0.5) is 13.6 Å². The predicted molar refractivity (Wildman–Crippen MR) is 105 cm³/mol. The van der Waals surface area contributed by atoms with Crippen molar-refractivity contribution < 1.29 is 13.6 Å². The Morgan fingerprint density at radius 3 is 2.83 bits per heavy atom. The largest absolute Gasteiger partial charge is 0.350 e. The number of benzene rings is 1. The van der Waals surface area contributed by atoms with Crippen LogP contribution in [0.25, 0.3) is 16.6 Å². The van der Waals surface area contributed by atoms with E-state index in [4.69, 9.17) is 5.73 Å². The summed E-state index contributed by atoms with van der Waals surface area (Å²) < 4.78 is 31.3. The summed E-state index contributed by atoms with van der Waals surface area (Å²) in [5.74, 6) is -2.00. The topological polar surface area (TPSA) is 123 Å². The molecule has 3 aromatic heterocycles. The number of urea groups is 1. The van der Waals surface area contributed by atoms with Crippen molar-refractivity contribution in [3.8, 4) is 0 Å². The van der Waals surface area contributed by atoms with Gasteiger partial charge >= 0.3 is 6.03 Å². The molecule has 1 aromatic carbocycles. The molecule has 9 nitrogen and oxygen atoms in total. The van der Waals surface area contributed by atoms with Crippen molar-refractivity contribution in [1.29, 1.82) is 0 Å². The zero-order chi connectivity index (χ0) is 21.4. The highest BCUT2D eigenvalue weighted by Crippen LogP contribution is 2.31. The van der Waals surface area contributed by atoms with Gasteiger partial charge in [0.2, 0.25) is 0 Å². The van der Waals surface area contributed by atoms with E-state index >= 15 is 4.39 Å². The molecule has 0 aliphatic carbocycles. The van der Waals surface area contributed by atoms with Crippen LogP contribution >= 0.6 is 0 Å². The third kappa shape index (κ3) is 3.30. The number of carbonyl (C=O) groups excluding carboxylic acids is 1. The van der Waals surface area contributed by atoms with Crippen LogP contribution in [0.15, 0.2) is 41.6 Å². The van der Waals surface area contributed by atoms with Crippen LogP contribution in [0.3, 0.4) is 0 Å². The minimum atomic E-state index is -0.814. The predicted octanol–water partition coefficient (Wildman–Crippen LogP) is 2.49. The molecule has 0 fully saturated rings. The number of fused-ring (bicyclic) bond motifs is 2. The first kappa shape index (κ1) is 19.3. The molecule has 3 N–H and O–H groups in total. The van der Waals surface area contributed by atoms with Gasteiger partial charge in [-0.05, 0) is 31.2 Å². The number of nitrogens with two attached hydrogens (primary N) is 1. The molecule has 30 heavy (non-hydrogen) atoms. The number of primary amides is 1. The smallest absolute Gasteiger partial charge is 0.332 e. The second kappa shape index (κ2) is 7.43. The molecular weight excluding hydrogens is 394 g/mol. The summed E-state index contributed by atoms with van der Waals surface area (Å²) in [4.78, 5) is 14.8. The Morgan fingerprint density at radius 2 is 2.07 bits per heavy atom. The lowest BCUT2D eigenvalue weighted by Gasteiger charge is -2.14. The molecule has 0 bridgehead atoms. The minimum absolute atomic E-state index is 0.155. The van der Waals surface area contributed by atoms with E-state index in [0.29, 0.717) is 17.1 Å². The average molecular weight is 410 g/mol. The number of rotatable bonds is 4. The Balaban J connectivity index is 1.82. The molecular formula is C19H16F2N8O. The number of nitrogens with one attached hydrogen (secondary N) is 1. The van der Waals surface area contributed by atoms with E-state index in [2.05, 4.69) is 30.8 Å². The Bertz CT molecular complexity index is 1320. The van der Waals surface area contributed by atoms with Crippen LogP contribution in [0.5, 0.6) is 0 Å². The first-order valence-corrected chi connectivity index (χ1v) is 8.92. The molecule has 0 radical (unpaired) electrons. The number of hydrogen-bond acceptors (Lipinski definition) is 6. The standard InChI is InChI=1S/C19H16F2N8O/c1-9(16-12(20)8-14-11(17(16)21)4-3-7-23-14)18-26-25-15-6-5-13(28-29(15)18)10(2)24-27-19(22)30/h3-9H,1-2H3,(H3,22,27,30)/b24-10-. The van der Waals surface area contributed by atoms with Crippen LogP contribution in [0.1, 0.15) is 36.8 Å². The lowest BCUT2D eigenvalue weighted by molar-refractivity contribution is 0.249. The van der Waals surface area contributed by atoms with Gasteiger partial charge in [-0.3, -0.25) is 4.98 Å². The monoisotopic (exact) mass is 410 g/mol. The molecule has 0 aliphatic rings. The van der Waals surface area contributed by atoms with Crippen LogP contribution in [-0.4, -0.2) is 36.5 Å². The molecule has 11 heteroatoms. The molecule has 152 valence electrons. The van der Waals surface area contributed by atoms with E-state index in [0.717, 1.165) is 0 Å². The quantitative estimate of drug-likeness (QED) is 0.395. The van der Waals surface area contributed by atoms with Gasteiger partial charge in [-0.2, -0.15) is 14.7 Å². The first-order valence-electron chi connectivity index (χ1n) is 8.92. The lowest BCUT2D eigenvalue weighted by atomic mass is 9.97. The summed E-state index contributed by atoms with van der Waals surface area (Å²) in [5.41, 5.74) is 8.36. The highest BCUT2D eigenvalue weighted by molar-refractivity contribution is 5.97. The number of halogens is 2. The molecule has 3 heterocycles. The Labute approximate surface area is 168 Å². The summed E-state index contributed by atoms with van der Waals surface area (Å²) in [6.07, 6.45) is 1.47. The van der Waals surface area contributed by atoms with Crippen LogP contribution in [0, 0.1) is 11.6 Å². The van der Waals surface area contributed by atoms with Crippen molar-refractivity contribution in [2.24, 2.45) is 10.8 Å². The fourth-order valence-corrected chi connectivity index (χ4v) is 3.16. The van der Waals surface area contributed by atoms with E-state index in [9.17, 15) is 9.18 Å². The lowest BCUT2D eigenvalue weighted by Crippen LogP contribution is -2.25. The second-order valence-electron chi connectivity index (χ2n) is 6.60. The van der Waals surface area contributed by atoms with E-state index < -0.39 is 23.6 Å². The van der Waals surface area contributed by atoms with Crippen LogP contribution < -0.4 is 11.2 Å². The maximum absolute atomic E-state index is 15.1. The maximum Gasteiger partial charge on any atom is 0.332 e. The minimum Gasteiger partial charge on any atom is -0.350 e. The third-order valence-electron chi connectivity index (χ3n) is 4.64. The number of nitrogens with zero attached hydrogens (tertiary/aromatic N) is 6.